The molecule has 3 unspecified atom stereocenters. The molecule has 102 valence electrons. The monoisotopic (exact) mass is 261 g/mol. The summed E-state index contributed by atoms with van der Waals surface area (Å²) >= 11 is 0. The molecule has 3 rings (SSSR count). The van der Waals surface area contributed by atoms with Crippen LogP contribution in [0.5, 0.6) is 0 Å². The van der Waals surface area contributed by atoms with E-state index >= 15 is 0 Å². The lowest BCUT2D eigenvalue weighted by Crippen LogP contribution is -2.20. The minimum atomic E-state index is -1.01. The smallest absolute Gasteiger partial charge is 0.337 e. The van der Waals surface area contributed by atoms with Crippen molar-refractivity contribution in [3.8, 4) is 0 Å². The summed E-state index contributed by atoms with van der Waals surface area (Å²) < 4.78 is 0. The van der Waals surface area contributed by atoms with Crippen molar-refractivity contribution in [1.82, 2.24) is 4.98 Å². The van der Waals surface area contributed by atoms with E-state index in [1.165, 1.54) is 37.9 Å². The number of fused-ring (bicyclic) bond motifs is 2. The van der Waals surface area contributed by atoms with Crippen molar-refractivity contribution in [2.45, 2.75) is 25.7 Å². The summed E-state index contributed by atoms with van der Waals surface area (Å²) in [5, 5.41) is 12.3. The number of nitrogens with zero attached hydrogens (tertiary/aromatic N) is 1. The number of nitrogen functional groups attached to an aromatic ring is 1. The van der Waals surface area contributed by atoms with Gasteiger partial charge < -0.3 is 16.2 Å². The molecule has 2 aliphatic rings. The lowest BCUT2D eigenvalue weighted by molar-refractivity contribution is 0.0698. The SMILES string of the molecule is Nc1cnc(NCC2CC3CCC2C3)cc1C(=O)O. The summed E-state index contributed by atoms with van der Waals surface area (Å²) in [5.74, 6) is 2.08. The molecule has 2 aliphatic carbocycles. The van der Waals surface area contributed by atoms with E-state index < -0.39 is 5.97 Å². The average Bonchev–Trinajstić information content (AvgIpc) is 2.99. The molecule has 1 heterocycles. The van der Waals surface area contributed by atoms with Crippen LogP contribution in [0.2, 0.25) is 0 Å². The molecular formula is C14H19N3O2. The van der Waals surface area contributed by atoms with Gasteiger partial charge in [-0.05, 0) is 43.1 Å². The van der Waals surface area contributed by atoms with Crippen molar-refractivity contribution in [3.05, 3.63) is 17.8 Å². The molecule has 19 heavy (non-hydrogen) atoms. The van der Waals surface area contributed by atoms with Crippen molar-refractivity contribution < 1.29 is 9.90 Å². The maximum absolute atomic E-state index is 11.0. The van der Waals surface area contributed by atoms with Crippen LogP contribution in [0.25, 0.3) is 0 Å². The van der Waals surface area contributed by atoms with Crippen LogP contribution in [0.4, 0.5) is 11.5 Å². The Balaban J connectivity index is 1.64. The lowest BCUT2D eigenvalue weighted by atomic mass is 9.89. The van der Waals surface area contributed by atoms with Crippen LogP contribution in [0.15, 0.2) is 12.3 Å². The van der Waals surface area contributed by atoms with Gasteiger partial charge in [0.05, 0.1) is 17.4 Å². The number of pyridine rings is 1. The molecule has 0 aromatic carbocycles. The van der Waals surface area contributed by atoms with E-state index in [1.807, 2.05) is 0 Å². The van der Waals surface area contributed by atoms with E-state index in [9.17, 15) is 4.79 Å². The summed E-state index contributed by atoms with van der Waals surface area (Å²) in [6.45, 7) is 0.886. The normalized spacial score (nSPS) is 28.5. The predicted octanol–water partition coefficient (Wildman–Crippen LogP) is 2.21. The Morgan fingerprint density at radius 1 is 1.47 bits per heavy atom. The van der Waals surface area contributed by atoms with Crippen molar-refractivity contribution in [3.63, 3.8) is 0 Å². The molecule has 2 fully saturated rings. The first-order valence-corrected chi connectivity index (χ1v) is 6.86. The van der Waals surface area contributed by atoms with E-state index in [-0.39, 0.29) is 11.3 Å². The molecule has 0 radical (unpaired) electrons. The highest BCUT2D eigenvalue weighted by molar-refractivity contribution is 5.94. The molecular weight excluding hydrogens is 242 g/mol. The summed E-state index contributed by atoms with van der Waals surface area (Å²) in [7, 11) is 0. The van der Waals surface area contributed by atoms with Crippen LogP contribution in [0, 0.1) is 17.8 Å². The molecule has 0 saturated heterocycles. The number of nitrogens with one attached hydrogen (secondary N) is 1. The first-order chi connectivity index (χ1) is 9.13. The van der Waals surface area contributed by atoms with E-state index in [0.29, 0.717) is 11.7 Å². The molecule has 0 spiro atoms. The third-order valence-electron chi connectivity index (χ3n) is 4.60. The van der Waals surface area contributed by atoms with Gasteiger partial charge in [0.15, 0.2) is 0 Å². The number of rotatable bonds is 4. The highest BCUT2D eigenvalue weighted by Gasteiger charge is 2.39. The highest BCUT2D eigenvalue weighted by Crippen LogP contribution is 2.48. The fourth-order valence-electron chi connectivity index (χ4n) is 3.61. The minimum absolute atomic E-state index is 0.116. The fraction of sp³-hybridized carbons (Fsp3) is 0.571. The Hall–Kier alpha value is -1.78. The maximum Gasteiger partial charge on any atom is 0.337 e. The molecule has 1 aromatic heterocycles. The van der Waals surface area contributed by atoms with Crippen molar-refractivity contribution >= 4 is 17.5 Å². The molecule has 5 heteroatoms. The fourth-order valence-corrected chi connectivity index (χ4v) is 3.61. The largest absolute Gasteiger partial charge is 0.478 e. The second-order valence-corrected chi connectivity index (χ2v) is 5.78. The van der Waals surface area contributed by atoms with Gasteiger partial charge >= 0.3 is 5.97 Å². The summed E-state index contributed by atoms with van der Waals surface area (Å²) in [6, 6.07) is 1.52. The minimum Gasteiger partial charge on any atom is -0.478 e. The van der Waals surface area contributed by atoms with Gasteiger partial charge in [0.25, 0.3) is 0 Å². The molecule has 2 saturated carbocycles. The number of hydrogen-bond acceptors (Lipinski definition) is 4. The van der Waals surface area contributed by atoms with E-state index in [1.54, 1.807) is 0 Å². The van der Waals surface area contributed by atoms with Crippen LogP contribution >= 0.6 is 0 Å². The van der Waals surface area contributed by atoms with Gasteiger partial charge in [0.1, 0.15) is 5.82 Å². The number of carboxylic acids is 1. The lowest BCUT2D eigenvalue weighted by Gasteiger charge is -2.22. The van der Waals surface area contributed by atoms with Gasteiger partial charge in [-0.1, -0.05) is 6.42 Å². The third-order valence-corrected chi connectivity index (χ3v) is 4.60. The molecule has 2 bridgehead atoms. The number of hydrogen-bond donors (Lipinski definition) is 3. The zero-order chi connectivity index (χ0) is 13.4. The van der Waals surface area contributed by atoms with E-state index in [0.717, 1.165) is 18.4 Å². The zero-order valence-electron chi connectivity index (χ0n) is 10.8. The molecule has 0 aliphatic heterocycles. The van der Waals surface area contributed by atoms with E-state index in [2.05, 4.69) is 10.3 Å². The van der Waals surface area contributed by atoms with Crippen LogP contribution in [-0.2, 0) is 0 Å². The van der Waals surface area contributed by atoms with Gasteiger partial charge in [-0.2, -0.15) is 0 Å². The summed E-state index contributed by atoms with van der Waals surface area (Å²) in [5.41, 5.74) is 5.91. The second kappa shape index (κ2) is 4.72. The predicted molar refractivity (Wildman–Crippen MR) is 73.0 cm³/mol. The number of nitrogens with two attached hydrogens (primary N) is 1. The number of aromatic nitrogens is 1. The molecule has 4 N–H and O–H groups in total. The average molecular weight is 261 g/mol. The molecule has 5 nitrogen and oxygen atoms in total. The number of carbonyl (C=O) groups is 1. The third kappa shape index (κ3) is 2.37. The Bertz CT molecular complexity index is 503. The Kier molecular flexibility index (Phi) is 3.05. The van der Waals surface area contributed by atoms with Crippen molar-refractivity contribution in [1.29, 1.82) is 0 Å². The van der Waals surface area contributed by atoms with Crippen molar-refractivity contribution in [2.24, 2.45) is 17.8 Å². The molecule has 3 atom stereocenters. The van der Waals surface area contributed by atoms with Gasteiger partial charge in [-0.3, -0.25) is 0 Å². The molecule has 0 amide bonds. The van der Waals surface area contributed by atoms with Gasteiger partial charge in [0.2, 0.25) is 0 Å². The van der Waals surface area contributed by atoms with E-state index in [4.69, 9.17) is 10.8 Å². The Labute approximate surface area is 112 Å². The van der Waals surface area contributed by atoms with Crippen LogP contribution < -0.4 is 11.1 Å². The van der Waals surface area contributed by atoms with Crippen LogP contribution in [-0.4, -0.2) is 22.6 Å². The number of anilines is 2. The number of carboxylic acid groups (broad SMARTS) is 1. The highest BCUT2D eigenvalue weighted by atomic mass is 16.4. The quantitative estimate of drug-likeness (QED) is 0.773. The van der Waals surface area contributed by atoms with Crippen LogP contribution in [0.3, 0.4) is 0 Å². The zero-order valence-corrected chi connectivity index (χ0v) is 10.8. The van der Waals surface area contributed by atoms with Crippen LogP contribution in [0.1, 0.15) is 36.0 Å². The van der Waals surface area contributed by atoms with Gasteiger partial charge in [-0.15, -0.1) is 0 Å². The summed E-state index contributed by atoms with van der Waals surface area (Å²) in [6.07, 6.45) is 6.84. The van der Waals surface area contributed by atoms with Crippen molar-refractivity contribution in [2.75, 3.05) is 17.6 Å². The topological polar surface area (TPSA) is 88.2 Å². The maximum atomic E-state index is 11.0. The number of aromatic carboxylic acids is 1. The first kappa shape index (κ1) is 12.3. The van der Waals surface area contributed by atoms with Gasteiger partial charge in [-0.25, -0.2) is 9.78 Å². The Morgan fingerprint density at radius 2 is 2.32 bits per heavy atom. The summed E-state index contributed by atoms with van der Waals surface area (Å²) in [4.78, 5) is 15.1. The second-order valence-electron chi connectivity index (χ2n) is 5.78. The first-order valence-electron chi connectivity index (χ1n) is 6.86. The van der Waals surface area contributed by atoms with Gasteiger partial charge in [0, 0.05) is 6.54 Å². The standard InChI is InChI=1S/C14H19N3O2/c15-12-7-17-13(5-11(12)14(18)19)16-6-10-4-8-1-2-9(10)3-8/h5,7-10H,1-4,6,15H2,(H,16,17)(H,18,19). The molecule has 1 aromatic rings. The Morgan fingerprint density at radius 3 is 2.95 bits per heavy atom.